The molecule has 144 valence electrons. The topological polar surface area (TPSA) is 49.9 Å². The zero-order chi connectivity index (χ0) is 20.4. The molecule has 3 rings (SSSR count). The molecule has 1 aliphatic heterocycles. The second kappa shape index (κ2) is 8.24. The van der Waals surface area contributed by atoms with Crippen LogP contribution in [0, 0.1) is 6.92 Å². The van der Waals surface area contributed by atoms with Crippen LogP contribution < -0.4 is 4.74 Å². The van der Waals surface area contributed by atoms with Gasteiger partial charge in [0.05, 0.1) is 0 Å². The van der Waals surface area contributed by atoms with E-state index in [9.17, 15) is 9.59 Å². The van der Waals surface area contributed by atoms with Crippen LogP contribution in [0.15, 0.2) is 52.5 Å². The molecule has 0 N–H and O–H groups in total. The largest absolute Gasteiger partial charge is 0.488 e. The number of nitrogens with zero attached hydrogens (tertiary/aromatic N) is 2. The molecule has 1 saturated heterocycles. The predicted molar refractivity (Wildman–Crippen MR) is 116 cm³/mol. The first-order chi connectivity index (χ1) is 13.3. The number of hydrogen-bond acceptors (Lipinski definition) is 4. The van der Waals surface area contributed by atoms with Gasteiger partial charge in [-0.1, -0.05) is 45.8 Å². The van der Waals surface area contributed by atoms with Gasteiger partial charge in [0.15, 0.2) is 5.11 Å². The second-order valence-corrected chi connectivity index (χ2v) is 7.81. The molecule has 0 unspecified atom stereocenters. The van der Waals surface area contributed by atoms with Crippen molar-refractivity contribution in [3.05, 3.63) is 69.2 Å². The van der Waals surface area contributed by atoms with Gasteiger partial charge in [0.2, 0.25) is 0 Å². The van der Waals surface area contributed by atoms with Gasteiger partial charge in [-0.3, -0.25) is 19.4 Å². The number of thiocarbonyl (C=S) groups is 1. The van der Waals surface area contributed by atoms with E-state index in [0.29, 0.717) is 17.9 Å². The highest BCUT2D eigenvalue weighted by Crippen LogP contribution is 2.28. The van der Waals surface area contributed by atoms with Crippen molar-refractivity contribution in [2.75, 3.05) is 14.1 Å². The lowest BCUT2D eigenvalue weighted by atomic mass is 10.1. The summed E-state index contributed by atoms with van der Waals surface area (Å²) in [5, 5.41) is 0.178. The lowest BCUT2D eigenvalue weighted by molar-refractivity contribution is -0.132. The number of halogens is 1. The minimum Gasteiger partial charge on any atom is -0.488 e. The number of amides is 2. The quantitative estimate of drug-likeness (QED) is 0.395. The van der Waals surface area contributed by atoms with Crippen LogP contribution in [0.4, 0.5) is 0 Å². The monoisotopic (exact) mass is 458 g/mol. The summed E-state index contributed by atoms with van der Waals surface area (Å²) in [6, 6.07) is 13.5. The van der Waals surface area contributed by atoms with Crippen molar-refractivity contribution in [3.8, 4) is 5.75 Å². The first-order valence-corrected chi connectivity index (χ1v) is 9.77. The summed E-state index contributed by atoms with van der Waals surface area (Å²) in [5.74, 6) is -0.285. The SMILES string of the molecule is Cc1cccc(COc2ccc(Br)cc2C=C2C(=O)N(C)C(=S)N(C)C2=O)c1. The zero-order valence-electron chi connectivity index (χ0n) is 15.7. The van der Waals surface area contributed by atoms with Crippen LogP contribution in [0.1, 0.15) is 16.7 Å². The van der Waals surface area contributed by atoms with Crippen LogP contribution in [0.3, 0.4) is 0 Å². The van der Waals surface area contributed by atoms with Crippen molar-refractivity contribution < 1.29 is 14.3 Å². The Bertz CT molecular complexity index is 977. The number of benzene rings is 2. The Morgan fingerprint density at radius 2 is 1.75 bits per heavy atom. The van der Waals surface area contributed by atoms with Crippen molar-refractivity contribution in [2.45, 2.75) is 13.5 Å². The predicted octanol–water partition coefficient (Wildman–Crippen LogP) is 3.94. The molecule has 5 nitrogen and oxygen atoms in total. The van der Waals surface area contributed by atoms with Crippen molar-refractivity contribution in [1.29, 1.82) is 0 Å². The average Bonchev–Trinajstić information content (AvgIpc) is 2.67. The summed E-state index contributed by atoms with van der Waals surface area (Å²) in [4.78, 5) is 27.7. The number of carbonyl (C=O) groups is 2. The Morgan fingerprint density at radius 3 is 2.39 bits per heavy atom. The highest BCUT2D eigenvalue weighted by Gasteiger charge is 2.35. The van der Waals surface area contributed by atoms with E-state index in [0.717, 1.165) is 15.6 Å². The van der Waals surface area contributed by atoms with E-state index in [4.69, 9.17) is 17.0 Å². The van der Waals surface area contributed by atoms with Gasteiger partial charge in [0.1, 0.15) is 17.9 Å². The Morgan fingerprint density at radius 1 is 1.07 bits per heavy atom. The van der Waals surface area contributed by atoms with Crippen molar-refractivity contribution in [3.63, 3.8) is 0 Å². The summed E-state index contributed by atoms with van der Waals surface area (Å²) < 4.78 is 6.79. The molecule has 0 saturated carbocycles. The van der Waals surface area contributed by atoms with E-state index in [1.54, 1.807) is 20.2 Å². The number of ether oxygens (including phenoxy) is 1. The molecule has 2 aromatic rings. The minimum absolute atomic E-state index is 0.0390. The van der Waals surface area contributed by atoms with E-state index < -0.39 is 11.8 Å². The van der Waals surface area contributed by atoms with Crippen molar-refractivity contribution in [1.82, 2.24) is 9.80 Å². The molecule has 2 amide bonds. The molecule has 0 aromatic heterocycles. The van der Waals surface area contributed by atoms with Crippen LogP contribution in [-0.4, -0.2) is 40.8 Å². The Kier molecular flexibility index (Phi) is 5.96. The van der Waals surface area contributed by atoms with Crippen LogP contribution >= 0.6 is 28.1 Å². The molecule has 2 aromatic carbocycles. The zero-order valence-corrected chi connectivity index (χ0v) is 18.1. The van der Waals surface area contributed by atoms with Gasteiger partial charge >= 0.3 is 0 Å². The number of rotatable bonds is 4. The van der Waals surface area contributed by atoms with Crippen molar-refractivity contribution in [2.24, 2.45) is 0 Å². The molecule has 7 heteroatoms. The summed E-state index contributed by atoms with van der Waals surface area (Å²) in [5.41, 5.74) is 2.86. The maximum atomic E-state index is 12.6. The average molecular weight is 459 g/mol. The third-order valence-corrected chi connectivity index (χ3v) is 5.43. The van der Waals surface area contributed by atoms with E-state index >= 15 is 0 Å². The molecule has 1 aliphatic rings. The fourth-order valence-corrected chi connectivity index (χ4v) is 3.40. The molecule has 1 fully saturated rings. The number of hydrogen-bond donors (Lipinski definition) is 0. The Labute approximate surface area is 177 Å². The molecule has 0 radical (unpaired) electrons. The standard InChI is InChI=1S/C21H19BrN2O3S/c1-13-5-4-6-14(9-13)12-27-18-8-7-16(22)10-15(18)11-17-19(25)23(2)21(28)24(3)20(17)26/h4-11H,12H2,1-3H3. The number of likely N-dealkylation sites (N-methyl/N-ethyl adjacent to an activating group) is 2. The van der Waals surface area contributed by atoms with E-state index in [1.165, 1.54) is 9.80 Å². The Hall–Kier alpha value is -2.51. The van der Waals surface area contributed by atoms with Crippen molar-refractivity contribution >= 4 is 51.2 Å². The van der Waals surface area contributed by atoms with Gasteiger partial charge in [0.25, 0.3) is 11.8 Å². The third-order valence-electron chi connectivity index (χ3n) is 4.39. The fourth-order valence-electron chi connectivity index (χ4n) is 2.86. The van der Waals surface area contributed by atoms with E-state index in [1.807, 2.05) is 43.3 Å². The lowest BCUT2D eigenvalue weighted by Gasteiger charge is -2.31. The maximum absolute atomic E-state index is 12.6. The number of carbonyl (C=O) groups excluding carboxylic acids is 2. The van der Waals surface area contributed by atoms with Gasteiger partial charge in [-0.25, -0.2) is 0 Å². The summed E-state index contributed by atoms with van der Waals surface area (Å²) >= 11 is 8.56. The van der Waals surface area contributed by atoms with Gasteiger partial charge < -0.3 is 4.74 Å². The molecule has 0 aliphatic carbocycles. The molecule has 0 bridgehead atoms. The van der Waals surface area contributed by atoms with Gasteiger partial charge in [-0.15, -0.1) is 0 Å². The van der Waals surface area contributed by atoms with Gasteiger partial charge in [0, 0.05) is 24.1 Å². The molecule has 0 atom stereocenters. The lowest BCUT2D eigenvalue weighted by Crippen LogP contribution is -2.52. The molecule has 1 heterocycles. The highest BCUT2D eigenvalue weighted by atomic mass is 79.9. The molecular formula is C21H19BrN2O3S. The highest BCUT2D eigenvalue weighted by molar-refractivity contribution is 9.10. The summed E-state index contributed by atoms with van der Waals surface area (Å²) in [6.07, 6.45) is 1.55. The van der Waals surface area contributed by atoms with E-state index in [-0.39, 0.29) is 10.7 Å². The van der Waals surface area contributed by atoms with E-state index in [2.05, 4.69) is 22.0 Å². The summed E-state index contributed by atoms with van der Waals surface area (Å²) in [6.45, 7) is 2.40. The first kappa shape index (κ1) is 20.2. The Balaban J connectivity index is 1.94. The van der Waals surface area contributed by atoms with Crippen LogP contribution in [0.2, 0.25) is 0 Å². The molecule has 0 spiro atoms. The second-order valence-electron chi connectivity index (χ2n) is 6.53. The third kappa shape index (κ3) is 4.15. The summed E-state index contributed by atoms with van der Waals surface area (Å²) in [7, 11) is 3.11. The normalized spacial score (nSPS) is 14.6. The number of aryl methyl sites for hydroxylation is 1. The molecular weight excluding hydrogens is 440 g/mol. The molecule has 28 heavy (non-hydrogen) atoms. The van der Waals surface area contributed by atoms with Crippen LogP contribution in [0.25, 0.3) is 6.08 Å². The fraction of sp³-hybridized carbons (Fsp3) is 0.190. The van der Waals surface area contributed by atoms with Gasteiger partial charge in [-0.05, 0) is 49.0 Å². The van der Waals surface area contributed by atoms with Gasteiger partial charge in [-0.2, -0.15) is 0 Å². The smallest absolute Gasteiger partial charge is 0.265 e. The van der Waals surface area contributed by atoms with Crippen LogP contribution in [-0.2, 0) is 16.2 Å². The first-order valence-electron chi connectivity index (χ1n) is 8.57. The minimum atomic E-state index is -0.433. The van der Waals surface area contributed by atoms with Crippen LogP contribution in [0.5, 0.6) is 5.75 Å². The maximum Gasteiger partial charge on any atom is 0.265 e.